The van der Waals surface area contributed by atoms with Crippen molar-refractivity contribution < 1.29 is 9.53 Å². The summed E-state index contributed by atoms with van der Waals surface area (Å²) in [6, 6.07) is 9.62. The molecule has 0 atom stereocenters. The summed E-state index contributed by atoms with van der Waals surface area (Å²) >= 11 is 0. The summed E-state index contributed by atoms with van der Waals surface area (Å²) in [6.45, 7) is 4.64. The molecule has 0 bridgehead atoms. The van der Waals surface area contributed by atoms with Gasteiger partial charge in [-0.3, -0.25) is 4.79 Å². The number of rotatable bonds is 6. The predicted octanol–water partition coefficient (Wildman–Crippen LogP) is 2.75. The van der Waals surface area contributed by atoms with Gasteiger partial charge in [0, 0.05) is 6.42 Å². The second-order valence-corrected chi connectivity index (χ2v) is 3.08. The summed E-state index contributed by atoms with van der Waals surface area (Å²) < 4.78 is 5.44. The van der Waals surface area contributed by atoms with Crippen molar-refractivity contribution in [3.8, 4) is 5.75 Å². The van der Waals surface area contributed by atoms with Crippen LogP contribution in [0.15, 0.2) is 30.3 Å². The maximum Gasteiger partial charge on any atom is 0.217 e. The zero-order valence-corrected chi connectivity index (χ0v) is 10.1. The first-order chi connectivity index (χ1) is 7.79. The van der Waals surface area contributed by atoms with E-state index in [9.17, 15) is 4.79 Å². The number of unbranched alkanes of at least 4 members (excludes halogenated alkanes) is 1. The molecule has 1 rings (SSSR count). The first-order valence-electron chi connectivity index (χ1n) is 5.75. The van der Waals surface area contributed by atoms with Crippen molar-refractivity contribution in [2.45, 2.75) is 33.1 Å². The van der Waals surface area contributed by atoms with Crippen LogP contribution in [0.5, 0.6) is 5.75 Å². The van der Waals surface area contributed by atoms with Gasteiger partial charge in [-0.15, -0.1) is 0 Å². The van der Waals surface area contributed by atoms with E-state index < -0.39 is 0 Å². The molecule has 0 aliphatic heterocycles. The van der Waals surface area contributed by atoms with E-state index in [1.54, 1.807) is 0 Å². The van der Waals surface area contributed by atoms with Crippen molar-refractivity contribution in [1.82, 2.24) is 0 Å². The number of primary amides is 1. The SMILES string of the molecule is CC.NC(=O)CCCCOc1ccccc1. The number of carbonyl (C=O) groups is 1. The van der Waals surface area contributed by atoms with Gasteiger partial charge in [0.15, 0.2) is 0 Å². The van der Waals surface area contributed by atoms with Gasteiger partial charge in [0.25, 0.3) is 0 Å². The number of amides is 1. The lowest BCUT2D eigenvalue weighted by Gasteiger charge is -2.04. The molecular weight excluding hydrogens is 202 g/mol. The van der Waals surface area contributed by atoms with E-state index in [-0.39, 0.29) is 5.91 Å². The highest BCUT2D eigenvalue weighted by atomic mass is 16.5. The van der Waals surface area contributed by atoms with Gasteiger partial charge >= 0.3 is 0 Å². The van der Waals surface area contributed by atoms with Crippen molar-refractivity contribution in [3.05, 3.63) is 30.3 Å². The lowest BCUT2D eigenvalue weighted by atomic mass is 10.2. The molecule has 0 unspecified atom stereocenters. The third-order valence-electron chi connectivity index (χ3n) is 1.83. The van der Waals surface area contributed by atoms with Gasteiger partial charge < -0.3 is 10.5 Å². The van der Waals surface area contributed by atoms with E-state index in [1.807, 2.05) is 44.2 Å². The Morgan fingerprint density at radius 1 is 1.19 bits per heavy atom. The van der Waals surface area contributed by atoms with Crippen LogP contribution in [0.1, 0.15) is 33.1 Å². The molecule has 1 aromatic carbocycles. The van der Waals surface area contributed by atoms with E-state index >= 15 is 0 Å². The number of carbonyl (C=O) groups excluding carboxylic acids is 1. The van der Waals surface area contributed by atoms with Gasteiger partial charge in [-0.05, 0) is 25.0 Å². The van der Waals surface area contributed by atoms with Crippen molar-refractivity contribution in [1.29, 1.82) is 0 Å². The highest BCUT2D eigenvalue weighted by Gasteiger charge is 1.95. The lowest BCUT2D eigenvalue weighted by molar-refractivity contribution is -0.118. The van der Waals surface area contributed by atoms with E-state index in [4.69, 9.17) is 10.5 Å². The molecule has 16 heavy (non-hydrogen) atoms. The Hall–Kier alpha value is -1.51. The summed E-state index contributed by atoms with van der Waals surface area (Å²) in [5.74, 6) is 0.622. The zero-order valence-electron chi connectivity index (χ0n) is 10.1. The van der Waals surface area contributed by atoms with Gasteiger partial charge in [-0.1, -0.05) is 32.0 Å². The molecule has 0 radical (unpaired) electrons. The van der Waals surface area contributed by atoms with E-state index in [0.29, 0.717) is 13.0 Å². The molecule has 0 saturated carbocycles. The standard InChI is InChI=1S/C11H15NO2.C2H6/c12-11(13)8-4-5-9-14-10-6-2-1-3-7-10;1-2/h1-3,6-7H,4-5,8-9H2,(H2,12,13);1-2H3. The number of nitrogens with two attached hydrogens (primary N) is 1. The maximum atomic E-state index is 10.4. The highest BCUT2D eigenvalue weighted by Crippen LogP contribution is 2.08. The monoisotopic (exact) mass is 223 g/mol. The molecular formula is C13H21NO2. The van der Waals surface area contributed by atoms with Gasteiger partial charge in [-0.25, -0.2) is 0 Å². The van der Waals surface area contributed by atoms with Gasteiger partial charge in [0.2, 0.25) is 5.91 Å². The molecule has 1 aromatic rings. The smallest absolute Gasteiger partial charge is 0.217 e. The third kappa shape index (κ3) is 7.85. The lowest BCUT2D eigenvalue weighted by Crippen LogP contribution is -2.10. The summed E-state index contributed by atoms with van der Waals surface area (Å²) in [5, 5.41) is 0. The molecule has 2 N–H and O–H groups in total. The average molecular weight is 223 g/mol. The van der Waals surface area contributed by atoms with Gasteiger partial charge in [-0.2, -0.15) is 0 Å². The first kappa shape index (κ1) is 14.5. The van der Waals surface area contributed by atoms with E-state index in [1.165, 1.54) is 0 Å². The second kappa shape index (κ2) is 10.0. The fourth-order valence-corrected chi connectivity index (χ4v) is 1.11. The summed E-state index contributed by atoms with van der Waals surface area (Å²) in [7, 11) is 0. The van der Waals surface area contributed by atoms with Gasteiger partial charge in [0.05, 0.1) is 6.61 Å². The molecule has 0 fully saturated rings. The summed E-state index contributed by atoms with van der Waals surface area (Å²) in [5.41, 5.74) is 5.01. The van der Waals surface area contributed by atoms with Crippen LogP contribution in [0.3, 0.4) is 0 Å². The molecule has 90 valence electrons. The first-order valence-corrected chi connectivity index (χ1v) is 5.75. The Morgan fingerprint density at radius 2 is 1.81 bits per heavy atom. The predicted molar refractivity (Wildman–Crippen MR) is 66.3 cm³/mol. The van der Waals surface area contributed by atoms with Crippen LogP contribution >= 0.6 is 0 Å². The Kier molecular flexibility index (Phi) is 9.08. The zero-order chi connectivity index (χ0) is 12.2. The molecule has 3 heteroatoms. The van der Waals surface area contributed by atoms with E-state index in [0.717, 1.165) is 18.6 Å². The quantitative estimate of drug-likeness (QED) is 0.754. The van der Waals surface area contributed by atoms with Crippen LogP contribution in [-0.4, -0.2) is 12.5 Å². The van der Waals surface area contributed by atoms with Crippen LogP contribution in [-0.2, 0) is 4.79 Å². The fraction of sp³-hybridized carbons (Fsp3) is 0.462. The molecule has 0 spiro atoms. The molecule has 0 heterocycles. The van der Waals surface area contributed by atoms with E-state index in [2.05, 4.69) is 0 Å². The molecule has 3 nitrogen and oxygen atoms in total. The van der Waals surface area contributed by atoms with Crippen LogP contribution in [0.25, 0.3) is 0 Å². The number of ether oxygens (including phenoxy) is 1. The minimum Gasteiger partial charge on any atom is -0.494 e. The molecule has 0 aliphatic carbocycles. The minimum absolute atomic E-state index is 0.246. The van der Waals surface area contributed by atoms with Crippen molar-refractivity contribution in [3.63, 3.8) is 0 Å². The van der Waals surface area contributed by atoms with Crippen molar-refractivity contribution in [2.24, 2.45) is 5.73 Å². The van der Waals surface area contributed by atoms with Crippen molar-refractivity contribution in [2.75, 3.05) is 6.61 Å². The summed E-state index contributed by atoms with van der Waals surface area (Å²) in [4.78, 5) is 10.4. The molecule has 1 amide bonds. The number of benzene rings is 1. The normalized spacial score (nSPS) is 8.88. The Labute approximate surface area is 97.6 Å². The highest BCUT2D eigenvalue weighted by molar-refractivity contribution is 5.73. The van der Waals surface area contributed by atoms with Crippen LogP contribution in [0.2, 0.25) is 0 Å². The minimum atomic E-state index is -0.246. The molecule has 0 aliphatic rings. The largest absolute Gasteiger partial charge is 0.494 e. The molecule has 0 aromatic heterocycles. The number of para-hydroxylation sites is 1. The number of hydrogen-bond donors (Lipinski definition) is 1. The van der Waals surface area contributed by atoms with Crippen LogP contribution in [0, 0.1) is 0 Å². The Bertz CT molecular complexity index is 273. The summed E-state index contributed by atoms with van der Waals surface area (Å²) in [6.07, 6.45) is 2.10. The Balaban J connectivity index is 0.00000106. The van der Waals surface area contributed by atoms with Crippen LogP contribution < -0.4 is 10.5 Å². The van der Waals surface area contributed by atoms with Crippen molar-refractivity contribution >= 4 is 5.91 Å². The topological polar surface area (TPSA) is 52.3 Å². The molecule has 0 saturated heterocycles. The third-order valence-corrected chi connectivity index (χ3v) is 1.83. The van der Waals surface area contributed by atoms with Gasteiger partial charge in [0.1, 0.15) is 5.75 Å². The maximum absolute atomic E-state index is 10.4. The second-order valence-electron chi connectivity index (χ2n) is 3.08. The van der Waals surface area contributed by atoms with Crippen LogP contribution in [0.4, 0.5) is 0 Å². The fourth-order valence-electron chi connectivity index (χ4n) is 1.11. The Morgan fingerprint density at radius 3 is 2.38 bits per heavy atom. The average Bonchev–Trinajstić information content (AvgIpc) is 2.32. The number of hydrogen-bond acceptors (Lipinski definition) is 2.